The van der Waals surface area contributed by atoms with Crippen LogP contribution >= 0.6 is 35.1 Å². The molecule has 1 heterocycles. The number of rotatable bonds is 5. The molecule has 0 bridgehead atoms. The zero-order valence-corrected chi connectivity index (χ0v) is 14.4. The number of hydrogen-bond acceptors (Lipinski definition) is 5. The number of para-hydroxylation sites is 1. The first-order valence-corrected chi connectivity index (χ1v) is 8.99. The molecule has 0 saturated heterocycles. The molecule has 8 heteroatoms. The highest BCUT2D eigenvalue weighted by Crippen LogP contribution is 2.22. The minimum absolute atomic E-state index is 0.00969. The van der Waals surface area contributed by atoms with Gasteiger partial charge in [-0.25, -0.2) is 0 Å². The first kappa shape index (κ1) is 17.2. The van der Waals surface area contributed by atoms with Crippen LogP contribution in [0.1, 0.15) is 0 Å². The van der Waals surface area contributed by atoms with E-state index in [1.54, 1.807) is 43.1 Å². The number of halogens is 1. The Hall–Kier alpha value is -1.18. The molecule has 2 rings (SSSR count). The SMILES string of the molecule is CN(CC(=O)Nc1ccccc1Cl)C(=O)CSC1=NCCS1. The normalized spacial score (nSPS) is 13.6. The van der Waals surface area contributed by atoms with Crippen LogP contribution in [0.4, 0.5) is 5.69 Å². The van der Waals surface area contributed by atoms with E-state index >= 15 is 0 Å². The number of thioether (sulfide) groups is 2. The summed E-state index contributed by atoms with van der Waals surface area (Å²) in [6.45, 7) is 0.807. The number of anilines is 1. The van der Waals surface area contributed by atoms with E-state index in [9.17, 15) is 9.59 Å². The number of carbonyl (C=O) groups is 2. The highest BCUT2D eigenvalue weighted by Gasteiger charge is 2.16. The van der Waals surface area contributed by atoms with Crippen molar-refractivity contribution >= 4 is 57.0 Å². The third-order valence-electron chi connectivity index (χ3n) is 2.83. The van der Waals surface area contributed by atoms with Crippen LogP contribution in [0.2, 0.25) is 5.02 Å². The molecule has 1 aromatic rings. The van der Waals surface area contributed by atoms with Gasteiger partial charge in [-0.3, -0.25) is 14.6 Å². The van der Waals surface area contributed by atoms with E-state index in [1.165, 1.54) is 16.7 Å². The van der Waals surface area contributed by atoms with E-state index in [4.69, 9.17) is 11.6 Å². The molecule has 0 aromatic heterocycles. The highest BCUT2D eigenvalue weighted by molar-refractivity contribution is 8.39. The number of benzene rings is 1. The average molecular weight is 358 g/mol. The summed E-state index contributed by atoms with van der Waals surface area (Å²) >= 11 is 9.06. The predicted octanol–water partition coefficient (Wildman–Crippen LogP) is 2.57. The standard InChI is InChI=1S/C14H16ClN3O2S2/c1-18(13(20)9-22-14-16-6-7-21-14)8-12(19)17-11-5-3-2-4-10(11)15/h2-5H,6-9H2,1H3,(H,17,19). The first-order chi connectivity index (χ1) is 10.6. The number of nitrogens with zero attached hydrogens (tertiary/aromatic N) is 2. The van der Waals surface area contributed by atoms with Gasteiger partial charge in [0.25, 0.3) is 0 Å². The number of carbonyl (C=O) groups excluding carboxylic acids is 2. The maximum Gasteiger partial charge on any atom is 0.244 e. The minimum Gasteiger partial charge on any atom is -0.336 e. The second kappa shape index (κ2) is 8.45. The zero-order chi connectivity index (χ0) is 15.9. The van der Waals surface area contributed by atoms with Crippen molar-refractivity contribution in [2.45, 2.75) is 0 Å². The minimum atomic E-state index is -0.276. The van der Waals surface area contributed by atoms with E-state index in [2.05, 4.69) is 10.3 Å². The lowest BCUT2D eigenvalue weighted by Crippen LogP contribution is -2.36. The van der Waals surface area contributed by atoms with Gasteiger partial charge < -0.3 is 10.2 Å². The van der Waals surface area contributed by atoms with Crippen molar-refractivity contribution in [2.75, 3.05) is 37.0 Å². The van der Waals surface area contributed by atoms with Crippen LogP contribution < -0.4 is 5.32 Å². The monoisotopic (exact) mass is 357 g/mol. The van der Waals surface area contributed by atoms with Crippen molar-refractivity contribution < 1.29 is 9.59 Å². The van der Waals surface area contributed by atoms with Crippen LogP contribution in [0.25, 0.3) is 0 Å². The fourth-order valence-corrected chi connectivity index (χ4v) is 3.83. The van der Waals surface area contributed by atoms with Crippen molar-refractivity contribution in [3.05, 3.63) is 29.3 Å². The second-order valence-electron chi connectivity index (χ2n) is 4.56. The third-order valence-corrected chi connectivity index (χ3v) is 5.40. The number of amides is 2. The van der Waals surface area contributed by atoms with Crippen molar-refractivity contribution in [1.29, 1.82) is 0 Å². The van der Waals surface area contributed by atoms with Gasteiger partial charge in [-0.15, -0.1) is 0 Å². The fraction of sp³-hybridized carbons (Fsp3) is 0.357. The Morgan fingerprint density at radius 3 is 2.91 bits per heavy atom. The van der Waals surface area contributed by atoms with Crippen LogP contribution in [-0.2, 0) is 9.59 Å². The summed E-state index contributed by atoms with van der Waals surface area (Å²) in [4.78, 5) is 29.6. The first-order valence-electron chi connectivity index (χ1n) is 6.64. The van der Waals surface area contributed by atoms with E-state index in [0.29, 0.717) is 16.5 Å². The lowest BCUT2D eigenvalue weighted by Gasteiger charge is -2.16. The number of aliphatic imine (C=N–C) groups is 1. The third kappa shape index (κ3) is 5.23. The summed E-state index contributed by atoms with van der Waals surface area (Å²) in [5.74, 6) is 0.893. The summed E-state index contributed by atoms with van der Waals surface area (Å²) in [6, 6.07) is 6.98. The predicted molar refractivity (Wildman–Crippen MR) is 94.9 cm³/mol. The Morgan fingerprint density at radius 1 is 1.45 bits per heavy atom. The Labute approximate surface area is 142 Å². The van der Waals surface area contributed by atoms with Crippen LogP contribution in [-0.4, -0.2) is 52.7 Å². The maximum absolute atomic E-state index is 12.0. The van der Waals surface area contributed by atoms with E-state index in [1.807, 2.05) is 0 Å². The van der Waals surface area contributed by atoms with Crippen molar-refractivity contribution in [2.24, 2.45) is 4.99 Å². The van der Waals surface area contributed by atoms with Crippen LogP contribution in [0.5, 0.6) is 0 Å². The molecule has 1 N–H and O–H groups in total. The summed E-state index contributed by atoms with van der Waals surface area (Å²) in [7, 11) is 1.61. The summed E-state index contributed by atoms with van der Waals surface area (Å²) in [5, 5.41) is 3.16. The largest absolute Gasteiger partial charge is 0.336 e. The Balaban J connectivity index is 1.77. The Morgan fingerprint density at radius 2 is 2.23 bits per heavy atom. The Bertz CT molecular complexity index is 595. The van der Waals surface area contributed by atoms with Crippen molar-refractivity contribution in [3.63, 3.8) is 0 Å². The van der Waals surface area contributed by atoms with Gasteiger partial charge in [-0.2, -0.15) is 0 Å². The molecule has 0 atom stereocenters. The van der Waals surface area contributed by atoms with Crippen molar-refractivity contribution in [3.8, 4) is 0 Å². The number of likely N-dealkylation sites (N-methyl/N-ethyl adjacent to an activating group) is 1. The van der Waals surface area contributed by atoms with Crippen LogP contribution in [0, 0.1) is 0 Å². The molecule has 22 heavy (non-hydrogen) atoms. The molecule has 1 aliphatic heterocycles. The highest BCUT2D eigenvalue weighted by atomic mass is 35.5. The Kier molecular flexibility index (Phi) is 6.60. The molecule has 2 amide bonds. The molecule has 0 aliphatic carbocycles. The van der Waals surface area contributed by atoms with Crippen molar-refractivity contribution in [1.82, 2.24) is 4.90 Å². The summed E-state index contributed by atoms with van der Waals surface area (Å²) < 4.78 is 0.947. The molecule has 1 aromatic carbocycles. The van der Waals surface area contributed by atoms with Gasteiger partial charge in [0.15, 0.2) is 0 Å². The topological polar surface area (TPSA) is 61.8 Å². The molecule has 5 nitrogen and oxygen atoms in total. The van der Waals surface area contributed by atoms with Crippen LogP contribution in [0.15, 0.2) is 29.3 Å². The second-order valence-corrected chi connectivity index (χ2v) is 7.28. The quantitative estimate of drug-likeness (QED) is 0.879. The van der Waals surface area contributed by atoms with Gasteiger partial charge in [0, 0.05) is 12.8 Å². The van der Waals surface area contributed by atoms with Gasteiger partial charge in [0.1, 0.15) is 4.38 Å². The summed E-state index contributed by atoms with van der Waals surface area (Å²) in [6.07, 6.45) is 0. The molecule has 1 aliphatic rings. The number of hydrogen-bond donors (Lipinski definition) is 1. The molecule has 0 saturated carbocycles. The summed E-state index contributed by atoms with van der Waals surface area (Å²) in [5.41, 5.74) is 0.543. The van der Waals surface area contributed by atoms with Gasteiger partial charge >= 0.3 is 0 Å². The van der Waals surface area contributed by atoms with Crippen LogP contribution in [0.3, 0.4) is 0 Å². The molecule has 0 radical (unpaired) electrons. The molecular weight excluding hydrogens is 342 g/mol. The fourth-order valence-electron chi connectivity index (χ4n) is 1.69. The molecular formula is C14H16ClN3O2S2. The van der Waals surface area contributed by atoms with Gasteiger partial charge in [-0.1, -0.05) is 47.3 Å². The van der Waals surface area contributed by atoms with Gasteiger partial charge in [-0.05, 0) is 12.1 Å². The van der Waals surface area contributed by atoms with E-state index in [-0.39, 0.29) is 18.4 Å². The van der Waals surface area contributed by atoms with E-state index < -0.39 is 0 Å². The maximum atomic E-state index is 12.0. The lowest BCUT2D eigenvalue weighted by atomic mass is 10.3. The lowest BCUT2D eigenvalue weighted by molar-refractivity contribution is -0.131. The average Bonchev–Trinajstić information content (AvgIpc) is 3.00. The molecule has 0 fully saturated rings. The zero-order valence-electron chi connectivity index (χ0n) is 12.0. The van der Waals surface area contributed by atoms with Gasteiger partial charge in [0.2, 0.25) is 11.8 Å². The molecule has 118 valence electrons. The van der Waals surface area contributed by atoms with E-state index in [0.717, 1.165) is 16.7 Å². The molecule has 0 unspecified atom stereocenters. The van der Waals surface area contributed by atoms with Gasteiger partial charge in [0.05, 0.1) is 29.6 Å². The smallest absolute Gasteiger partial charge is 0.244 e. The molecule has 0 spiro atoms. The number of nitrogens with one attached hydrogen (secondary N) is 1.